The van der Waals surface area contributed by atoms with E-state index in [1.54, 1.807) is 0 Å². The second kappa shape index (κ2) is 4.04. The maximum atomic E-state index is 9.24. The Hall–Kier alpha value is -0.120. The topological polar surface area (TPSA) is 49.5 Å². The van der Waals surface area contributed by atoms with Gasteiger partial charge in [0.05, 0.1) is 6.10 Å². The largest absolute Gasteiger partial charge is 0.392 e. The highest BCUT2D eigenvalue weighted by Crippen LogP contribution is 2.13. The van der Waals surface area contributed by atoms with E-state index >= 15 is 0 Å². The van der Waals surface area contributed by atoms with Crippen LogP contribution in [0.5, 0.6) is 0 Å². The molecule has 0 bridgehead atoms. The molecule has 1 rings (SSSR count). The van der Waals surface area contributed by atoms with E-state index in [4.69, 9.17) is 5.73 Å². The van der Waals surface area contributed by atoms with Gasteiger partial charge in [-0.15, -0.1) is 0 Å². The van der Waals surface area contributed by atoms with Gasteiger partial charge in [0.1, 0.15) is 0 Å². The van der Waals surface area contributed by atoms with Crippen LogP contribution >= 0.6 is 0 Å². The Morgan fingerprint density at radius 3 is 2.91 bits per heavy atom. The van der Waals surface area contributed by atoms with Crippen molar-refractivity contribution in [1.82, 2.24) is 4.90 Å². The minimum atomic E-state index is -0.102. The summed E-state index contributed by atoms with van der Waals surface area (Å²) in [5.74, 6) is 0. The number of nitrogens with two attached hydrogens (primary N) is 1. The third-order valence-electron chi connectivity index (χ3n) is 2.40. The first kappa shape index (κ1) is 8.97. The van der Waals surface area contributed by atoms with E-state index < -0.39 is 0 Å². The van der Waals surface area contributed by atoms with Crippen molar-refractivity contribution in [3.05, 3.63) is 0 Å². The van der Waals surface area contributed by atoms with Crippen LogP contribution in [0.1, 0.15) is 19.8 Å². The Bertz CT molecular complexity index is 119. The molecule has 0 amide bonds. The van der Waals surface area contributed by atoms with Gasteiger partial charge in [0.2, 0.25) is 0 Å². The Balaban J connectivity index is 2.25. The lowest BCUT2D eigenvalue weighted by Crippen LogP contribution is -2.33. The van der Waals surface area contributed by atoms with E-state index in [0.29, 0.717) is 6.04 Å². The number of β-amino-alcohol motifs (C(OH)–C–C–N with tert-alkyl or cyclic N) is 1. The fourth-order valence-corrected chi connectivity index (χ4v) is 1.59. The summed E-state index contributed by atoms with van der Waals surface area (Å²) < 4.78 is 0. The average molecular weight is 158 g/mol. The van der Waals surface area contributed by atoms with E-state index in [1.807, 2.05) is 0 Å². The van der Waals surface area contributed by atoms with Gasteiger partial charge in [-0.1, -0.05) is 0 Å². The minimum Gasteiger partial charge on any atom is -0.392 e. The lowest BCUT2D eigenvalue weighted by molar-refractivity contribution is 0.161. The van der Waals surface area contributed by atoms with Crippen molar-refractivity contribution in [2.24, 2.45) is 5.73 Å². The molecule has 1 saturated heterocycles. The third-order valence-corrected chi connectivity index (χ3v) is 2.40. The first-order chi connectivity index (χ1) is 5.24. The molecule has 11 heavy (non-hydrogen) atoms. The van der Waals surface area contributed by atoms with Crippen LogP contribution in [0.15, 0.2) is 0 Å². The summed E-state index contributed by atoms with van der Waals surface area (Å²) >= 11 is 0. The van der Waals surface area contributed by atoms with Gasteiger partial charge in [-0.25, -0.2) is 0 Å². The summed E-state index contributed by atoms with van der Waals surface area (Å²) in [6.07, 6.45) is 1.86. The van der Waals surface area contributed by atoms with Gasteiger partial charge < -0.3 is 10.8 Å². The molecule has 0 saturated carbocycles. The summed E-state index contributed by atoms with van der Waals surface area (Å²) in [7, 11) is 0. The molecule has 66 valence electrons. The van der Waals surface area contributed by atoms with E-state index in [1.165, 1.54) is 0 Å². The average Bonchev–Trinajstić information content (AvgIpc) is 2.36. The van der Waals surface area contributed by atoms with Crippen molar-refractivity contribution in [3.8, 4) is 0 Å². The SMILES string of the molecule is CC(CCN)N1CCC(O)C1. The quantitative estimate of drug-likeness (QED) is 0.597. The molecule has 3 heteroatoms. The molecule has 1 aliphatic rings. The summed E-state index contributed by atoms with van der Waals surface area (Å²) in [5, 5.41) is 9.24. The zero-order valence-corrected chi connectivity index (χ0v) is 7.16. The molecule has 0 aromatic rings. The molecule has 0 aromatic heterocycles. The molecule has 0 aromatic carbocycles. The van der Waals surface area contributed by atoms with E-state index in [-0.39, 0.29) is 6.10 Å². The van der Waals surface area contributed by atoms with Gasteiger partial charge in [0, 0.05) is 19.1 Å². The number of nitrogens with zero attached hydrogens (tertiary/aromatic N) is 1. The lowest BCUT2D eigenvalue weighted by Gasteiger charge is -2.22. The first-order valence-electron chi connectivity index (χ1n) is 4.36. The van der Waals surface area contributed by atoms with Crippen molar-refractivity contribution in [2.75, 3.05) is 19.6 Å². The molecule has 1 heterocycles. The number of aliphatic hydroxyl groups excluding tert-OH is 1. The highest BCUT2D eigenvalue weighted by Gasteiger charge is 2.23. The number of likely N-dealkylation sites (tertiary alicyclic amines) is 1. The second-order valence-corrected chi connectivity index (χ2v) is 3.36. The van der Waals surface area contributed by atoms with Crippen molar-refractivity contribution in [1.29, 1.82) is 0 Å². The van der Waals surface area contributed by atoms with Crippen LogP contribution in [0.4, 0.5) is 0 Å². The second-order valence-electron chi connectivity index (χ2n) is 3.36. The maximum Gasteiger partial charge on any atom is 0.0679 e. The summed E-state index contributed by atoms with van der Waals surface area (Å²) in [6.45, 7) is 4.78. The molecule has 1 fully saturated rings. The Morgan fingerprint density at radius 2 is 2.45 bits per heavy atom. The molecule has 3 nitrogen and oxygen atoms in total. The molecule has 0 spiro atoms. The Morgan fingerprint density at radius 1 is 1.73 bits per heavy atom. The third kappa shape index (κ3) is 2.43. The van der Waals surface area contributed by atoms with Crippen molar-refractivity contribution in [3.63, 3.8) is 0 Å². The van der Waals surface area contributed by atoms with Crippen LogP contribution in [-0.4, -0.2) is 41.8 Å². The van der Waals surface area contributed by atoms with Crippen LogP contribution < -0.4 is 5.73 Å². The standard InChI is InChI=1S/C8H18N2O/c1-7(2-4-9)10-5-3-8(11)6-10/h7-8,11H,2-6,9H2,1H3. The lowest BCUT2D eigenvalue weighted by atomic mass is 10.2. The molecular formula is C8H18N2O. The minimum absolute atomic E-state index is 0.102. The number of hydrogen-bond acceptors (Lipinski definition) is 3. The molecule has 0 aliphatic carbocycles. The normalized spacial score (nSPS) is 29.2. The molecule has 2 unspecified atom stereocenters. The van der Waals surface area contributed by atoms with Crippen LogP contribution in [0.25, 0.3) is 0 Å². The van der Waals surface area contributed by atoms with Gasteiger partial charge in [-0.2, -0.15) is 0 Å². The van der Waals surface area contributed by atoms with Crippen molar-refractivity contribution < 1.29 is 5.11 Å². The highest BCUT2D eigenvalue weighted by molar-refractivity contribution is 4.78. The predicted octanol–water partition coefficient (Wildman–Crippen LogP) is -0.210. The Kier molecular flexibility index (Phi) is 3.30. The number of aliphatic hydroxyl groups is 1. The zero-order valence-electron chi connectivity index (χ0n) is 7.16. The van der Waals surface area contributed by atoms with Gasteiger partial charge in [0.15, 0.2) is 0 Å². The summed E-state index contributed by atoms with van der Waals surface area (Å²) in [5.41, 5.74) is 5.44. The fourth-order valence-electron chi connectivity index (χ4n) is 1.59. The summed E-state index contributed by atoms with van der Waals surface area (Å²) in [4.78, 5) is 2.30. The van der Waals surface area contributed by atoms with Crippen LogP contribution in [0, 0.1) is 0 Å². The molecule has 3 N–H and O–H groups in total. The van der Waals surface area contributed by atoms with Crippen LogP contribution in [0.2, 0.25) is 0 Å². The number of hydrogen-bond donors (Lipinski definition) is 2. The Labute approximate surface area is 68.2 Å². The van der Waals surface area contributed by atoms with Crippen molar-refractivity contribution in [2.45, 2.75) is 31.9 Å². The highest BCUT2D eigenvalue weighted by atomic mass is 16.3. The first-order valence-corrected chi connectivity index (χ1v) is 4.36. The van der Waals surface area contributed by atoms with Gasteiger partial charge in [-0.3, -0.25) is 4.90 Å². The van der Waals surface area contributed by atoms with Crippen molar-refractivity contribution >= 4 is 0 Å². The monoisotopic (exact) mass is 158 g/mol. The maximum absolute atomic E-state index is 9.24. The zero-order chi connectivity index (χ0) is 8.27. The molecule has 2 atom stereocenters. The van der Waals surface area contributed by atoms with Crippen LogP contribution in [0.3, 0.4) is 0 Å². The number of rotatable bonds is 3. The fraction of sp³-hybridized carbons (Fsp3) is 1.00. The molecule has 1 aliphatic heterocycles. The van der Waals surface area contributed by atoms with Crippen LogP contribution in [-0.2, 0) is 0 Å². The molecule has 0 radical (unpaired) electrons. The van der Waals surface area contributed by atoms with Gasteiger partial charge in [-0.05, 0) is 26.3 Å². The summed E-state index contributed by atoms with van der Waals surface area (Å²) in [6, 6.07) is 0.539. The smallest absolute Gasteiger partial charge is 0.0679 e. The van der Waals surface area contributed by atoms with E-state index in [0.717, 1.165) is 32.5 Å². The van der Waals surface area contributed by atoms with E-state index in [9.17, 15) is 5.11 Å². The predicted molar refractivity (Wildman–Crippen MR) is 45.3 cm³/mol. The molecular weight excluding hydrogens is 140 g/mol. The van der Waals surface area contributed by atoms with Gasteiger partial charge >= 0.3 is 0 Å². The van der Waals surface area contributed by atoms with Gasteiger partial charge in [0.25, 0.3) is 0 Å². The van der Waals surface area contributed by atoms with E-state index in [2.05, 4.69) is 11.8 Å².